The Morgan fingerprint density at radius 2 is 1.88 bits per heavy atom. The van der Waals surface area contributed by atoms with E-state index >= 15 is 0 Å². The number of hydrogen-bond acceptors (Lipinski definition) is 3. The molecule has 0 unspecified atom stereocenters. The SMILES string of the molecule is CC1(C)COP(Oc2cc(Br)ccc2Br)OC1. The Labute approximate surface area is 119 Å². The second-order valence-electron chi connectivity index (χ2n) is 4.60. The standard InChI is InChI=1S/C11H13Br2O3P/c1-11(2)6-14-17(15-7-11)16-10-5-8(12)3-4-9(10)13/h3-5H,6-7H2,1-2H3. The van der Waals surface area contributed by atoms with E-state index in [4.69, 9.17) is 13.6 Å². The molecule has 6 heteroatoms. The van der Waals surface area contributed by atoms with Gasteiger partial charge in [0.25, 0.3) is 0 Å². The van der Waals surface area contributed by atoms with Crippen LogP contribution < -0.4 is 4.52 Å². The summed E-state index contributed by atoms with van der Waals surface area (Å²) < 4.78 is 18.7. The molecule has 1 fully saturated rings. The molecule has 0 spiro atoms. The number of rotatable bonds is 2. The van der Waals surface area contributed by atoms with Crippen molar-refractivity contribution < 1.29 is 13.6 Å². The minimum atomic E-state index is -1.29. The van der Waals surface area contributed by atoms with Gasteiger partial charge in [-0.1, -0.05) is 29.8 Å². The summed E-state index contributed by atoms with van der Waals surface area (Å²) in [5.74, 6) is 0.727. The molecule has 2 rings (SSSR count). The lowest BCUT2D eigenvalue weighted by atomic mass is 9.97. The van der Waals surface area contributed by atoms with Crippen LogP contribution in [0.5, 0.6) is 5.75 Å². The Morgan fingerprint density at radius 1 is 1.24 bits per heavy atom. The van der Waals surface area contributed by atoms with E-state index in [1.807, 2.05) is 18.2 Å². The van der Waals surface area contributed by atoms with Crippen LogP contribution in [-0.4, -0.2) is 13.2 Å². The van der Waals surface area contributed by atoms with Gasteiger partial charge in [-0.2, -0.15) is 0 Å². The molecule has 0 amide bonds. The molecule has 94 valence electrons. The minimum Gasteiger partial charge on any atom is -0.426 e. The van der Waals surface area contributed by atoms with Gasteiger partial charge in [0.1, 0.15) is 5.75 Å². The minimum absolute atomic E-state index is 0.0662. The highest BCUT2D eigenvalue weighted by molar-refractivity contribution is 9.11. The Morgan fingerprint density at radius 3 is 2.53 bits per heavy atom. The summed E-state index contributed by atoms with van der Waals surface area (Å²) in [4.78, 5) is 0. The summed E-state index contributed by atoms with van der Waals surface area (Å²) in [5, 5.41) is 0. The first kappa shape index (κ1) is 13.8. The third-order valence-corrected chi connectivity index (χ3v) is 4.36. The molecule has 1 aromatic carbocycles. The monoisotopic (exact) mass is 382 g/mol. The molecule has 0 aliphatic carbocycles. The van der Waals surface area contributed by atoms with Crippen molar-refractivity contribution >= 4 is 40.5 Å². The van der Waals surface area contributed by atoms with Crippen molar-refractivity contribution in [2.75, 3.05) is 13.2 Å². The van der Waals surface area contributed by atoms with Crippen LogP contribution in [0.3, 0.4) is 0 Å². The van der Waals surface area contributed by atoms with E-state index in [9.17, 15) is 0 Å². The van der Waals surface area contributed by atoms with E-state index in [1.165, 1.54) is 0 Å². The predicted octanol–water partition coefficient (Wildman–Crippen LogP) is 4.89. The van der Waals surface area contributed by atoms with Crippen LogP contribution in [-0.2, 0) is 9.05 Å². The van der Waals surface area contributed by atoms with E-state index in [2.05, 4.69) is 45.7 Å². The van der Waals surface area contributed by atoms with Crippen molar-refractivity contribution in [2.45, 2.75) is 13.8 Å². The average Bonchev–Trinajstić information content (AvgIpc) is 2.26. The fourth-order valence-electron chi connectivity index (χ4n) is 1.21. The second-order valence-corrected chi connectivity index (χ2v) is 7.52. The molecule has 3 nitrogen and oxygen atoms in total. The first-order valence-corrected chi connectivity index (χ1v) is 7.83. The van der Waals surface area contributed by atoms with Crippen LogP contribution in [0.2, 0.25) is 0 Å². The zero-order valence-corrected chi connectivity index (χ0v) is 13.6. The summed E-state index contributed by atoms with van der Waals surface area (Å²) in [6.07, 6.45) is 0. The van der Waals surface area contributed by atoms with Crippen molar-refractivity contribution in [3.8, 4) is 5.75 Å². The van der Waals surface area contributed by atoms with Gasteiger partial charge in [0.2, 0.25) is 0 Å². The van der Waals surface area contributed by atoms with Gasteiger partial charge >= 0.3 is 8.60 Å². The van der Waals surface area contributed by atoms with Crippen LogP contribution in [0, 0.1) is 5.41 Å². The van der Waals surface area contributed by atoms with E-state index in [1.54, 1.807) is 0 Å². The highest BCUT2D eigenvalue weighted by atomic mass is 79.9. The van der Waals surface area contributed by atoms with E-state index in [0.29, 0.717) is 13.2 Å². The van der Waals surface area contributed by atoms with Gasteiger partial charge in [0.15, 0.2) is 0 Å². The highest BCUT2D eigenvalue weighted by Gasteiger charge is 2.31. The summed E-state index contributed by atoms with van der Waals surface area (Å²) in [6.45, 7) is 5.53. The van der Waals surface area contributed by atoms with Gasteiger partial charge in [0.05, 0.1) is 17.7 Å². The van der Waals surface area contributed by atoms with Gasteiger partial charge in [-0.25, -0.2) is 0 Å². The molecule has 0 aromatic heterocycles. The maximum atomic E-state index is 5.70. The van der Waals surface area contributed by atoms with Crippen molar-refractivity contribution in [2.24, 2.45) is 5.41 Å². The van der Waals surface area contributed by atoms with Crippen LogP contribution in [0.15, 0.2) is 27.1 Å². The smallest absolute Gasteiger partial charge is 0.397 e. The number of hydrogen-bond donors (Lipinski definition) is 0. The number of benzene rings is 1. The zero-order valence-electron chi connectivity index (χ0n) is 9.57. The van der Waals surface area contributed by atoms with Crippen LogP contribution >= 0.6 is 40.5 Å². The van der Waals surface area contributed by atoms with Crippen LogP contribution in [0.4, 0.5) is 0 Å². The average molecular weight is 384 g/mol. The number of halogens is 2. The largest absolute Gasteiger partial charge is 0.426 e. The quantitative estimate of drug-likeness (QED) is 0.680. The third kappa shape index (κ3) is 3.90. The second kappa shape index (κ2) is 5.54. The normalized spacial score (nSPS) is 20.2. The maximum Gasteiger partial charge on any atom is 0.397 e. The molecule has 0 N–H and O–H groups in total. The zero-order chi connectivity index (χ0) is 12.5. The lowest BCUT2D eigenvalue weighted by Crippen LogP contribution is -2.29. The molecule has 17 heavy (non-hydrogen) atoms. The molecule has 1 saturated heterocycles. The van der Waals surface area contributed by atoms with Crippen molar-refractivity contribution in [3.63, 3.8) is 0 Å². The van der Waals surface area contributed by atoms with E-state index < -0.39 is 8.60 Å². The topological polar surface area (TPSA) is 27.7 Å². The van der Waals surface area contributed by atoms with Crippen molar-refractivity contribution in [3.05, 3.63) is 27.1 Å². The Bertz CT molecular complexity index is 402. The Hall–Kier alpha value is 0.330. The van der Waals surface area contributed by atoms with Gasteiger partial charge in [0, 0.05) is 9.89 Å². The third-order valence-electron chi connectivity index (χ3n) is 2.19. The summed E-state index contributed by atoms with van der Waals surface area (Å²) in [5.41, 5.74) is 0.0662. The fraction of sp³-hybridized carbons (Fsp3) is 0.455. The molecule has 1 aliphatic rings. The summed E-state index contributed by atoms with van der Waals surface area (Å²) in [6, 6.07) is 5.75. The van der Waals surface area contributed by atoms with Gasteiger partial charge in [-0.15, -0.1) is 0 Å². The first-order chi connectivity index (χ1) is 7.96. The van der Waals surface area contributed by atoms with Gasteiger partial charge in [-0.05, 0) is 34.1 Å². The van der Waals surface area contributed by atoms with E-state index in [0.717, 1.165) is 14.7 Å². The molecular weight excluding hydrogens is 371 g/mol. The van der Waals surface area contributed by atoms with Crippen molar-refractivity contribution in [1.29, 1.82) is 0 Å². The van der Waals surface area contributed by atoms with Gasteiger partial charge < -0.3 is 13.6 Å². The highest BCUT2D eigenvalue weighted by Crippen LogP contribution is 2.48. The molecule has 0 radical (unpaired) electrons. The van der Waals surface area contributed by atoms with Crippen molar-refractivity contribution in [1.82, 2.24) is 0 Å². The molecule has 0 atom stereocenters. The summed E-state index contributed by atoms with van der Waals surface area (Å²) in [7, 11) is -1.29. The molecule has 1 heterocycles. The fourth-order valence-corrected chi connectivity index (χ4v) is 3.41. The maximum absolute atomic E-state index is 5.70. The molecule has 1 aromatic rings. The Kier molecular flexibility index (Phi) is 4.48. The van der Waals surface area contributed by atoms with Crippen LogP contribution in [0.25, 0.3) is 0 Å². The summed E-state index contributed by atoms with van der Waals surface area (Å²) >= 11 is 6.84. The molecule has 1 aliphatic heterocycles. The predicted molar refractivity (Wildman–Crippen MR) is 75.1 cm³/mol. The molecular formula is C11H13Br2O3P. The van der Waals surface area contributed by atoms with E-state index in [-0.39, 0.29) is 5.41 Å². The van der Waals surface area contributed by atoms with Crippen LogP contribution in [0.1, 0.15) is 13.8 Å². The lowest BCUT2D eigenvalue weighted by molar-refractivity contribution is 0.0426. The molecule has 0 saturated carbocycles. The van der Waals surface area contributed by atoms with Gasteiger partial charge in [-0.3, -0.25) is 0 Å². The first-order valence-electron chi connectivity index (χ1n) is 5.15. The Balaban J connectivity index is 2.00. The molecule has 0 bridgehead atoms. The lowest BCUT2D eigenvalue weighted by Gasteiger charge is -2.32.